The molecule has 1 aromatic rings. The second-order valence-electron chi connectivity index (χ2n) is 8.24. The number of nitrogens with zero attached hydrogens (tertiary/aromatic N) is 1. The van der Waals surface area contributed by atoms with Crippen molar-refractivity contribution in [1.82, 2.24) is 0 Å². The molecule has 2 fully saturated rings. The highest BCUT2D eigenvalue weighted by Crippen LogP contribution is 2.41. The van der Waals surface area contributed by atoms with Gasteiger partial charge >= 0.3 is 0 Å². The second kappa shape index (κ2) is 6.09. The zero-order valence-electron chi connectivity index (χ0n) is 14.4. The third-order valence-corrected chi connectivity index (χ3v) is 5.98. The van der Waals surface area contributed by atoms with Crippen molar-refractivity contribution in [3.8, 4) is 6.07 Å². The molecule has 0 amide bonds. The minimum Gasteiger partial charge on any atom is -0.324 e. The summed E-state index contributed by atoms with van der Waals surface area (Å²) in [7, 11) is 0. The highest BCUT2D eigenvalue weighted by atomic mass is 16.1. The number of quaternary nitrogens is 1. The lowest BCUT2D eigenvalue weighted by molar-refractivity contribution is -0.927. The van der Waals surface area contributed by atoms with Gasteiger partial charge in [-0.05, 0) is 24.3 Å². The number of ketones is 1. The van der Waals surface area contributed by atoms with Crippen molar-refractivity contribution >= 4 is 5.78 Å². The van der Waals surface area contributed by atoms with Gasteiger partial charge in [0, 0.05) is 18.8 Å². The highest BCUT2D eigenvalue weighted by molar-refractivity contribution is 5.89. The van der Waals surface area contributed by atoms with Crippen LogP contribution in [0.2, 0.25) is 0 Å². The smallest absolute Gasteiger partial charge is 0.208 e. The maximum absolute atomic E-state index is 12.8. The summed E-state index contributed by atoms with van der Waals surface area (Å²) in [5.41, 5.74) is 1.22. The molecular weight excluding hydrogens is 284 g/mol. The number of carbonyl (C=O) groups excluding carboxylic acids is 1. The summed E-state index contributed by atoms with van der Waals surface area (Å²) in [6, 6.07) is 12.8. The van der Waals surface area contributed by atoms with E-state index in [1.807, 2.05) is 30.3 Å². The molecule has 1 N–H and O–H groups in total. The number of Topliss-reactive ketones (excluding diaryl/α,β-unsaturated/α-hetero) is 1. The van der Waals surface area contributed by atoms with Crippen LogP contribution in [0, 0.1) is 22.7 Å². The molecule has 122 valence electrons. The molecule has 1 aliphatic carbocycles. The predicted molar refractivity (Wildman–Crippen MR) is 90.0 cm³/mol. The lowest BCUT2D eigenvalue weighted by Gasteiger charge is -2.32. The Morgan fingerprint density at radius 3 is 2.70 bits per heavy atom. The number of hydrogen-bond acceptors (Lipinski definition) is 2. The number of benzene rings is 1. The number of carbonyl (C=O) groups is 1. The summed E-state index contributed by atoms with van der Waals surface area (Å²) in [6.07, 6.45) is 3.71. The Labute approximate surface area is 139 Å². The van der Waals surface area contributed by atoms with Gasteiger partial charge in [-0.3, -0.25) is 4.79 Å². The van der Waals surface area contributed by atoms with Crippen molar-refractivity contribution in [3.05, 3.63) is 35.9 Å². The van der Waals surface area contributed by atoms with Crippen molar-refractivity contribution in [3.63, 3.8) is 0 Å². The number of hydrogen-bond donors (Lipinski definition) is 1. The zero-order chi connectivity index (χ0) is 16.6. The second-order valence-corrected chi connectivity index (χ2v) is 8.24. The van der Waals surface area contributed by atoms with Gasteiger partial charge in [0.2, 0.25) is 5.78 Å². The van der Waals surface area contributed by atoms with Crippen LogP contribution >= 0.6 is 0 Å². The van der Waals surface area contributed by atoms with Crippen molar-refractivity contribution < 1.29 is 9.69 Å². The molecule has 3 heteroatoms. The highest BCUT2D eigenvalue weighted by Gasteiger charge is 2.51. The normalized spacial score (nSPS) is 33.0. The molecule has 1 aliphatic heterocycles. The topological polar surface area (TPSA) is 45.3 Å². The van der Waals surface area contributed by atoms with Crippen LogP contribution in [0.5, 0.6) is 0 Å². The average molecular weight is 311 g/mol. The van der Waals surface area contributed by atoms with Gasteiger partial charge in [-0.1, -0.05) is 44.2 Å². The van der Waals surface area contributed by atoms with Gasteiger partial charge in [0.05, 0.1) is 18.2 Å². The number of fused-ring (bicyclic) bond motifs is 2. The quantitative estimate of drug-likeness (QED) is 0.928. The van der Waals surface area contributed by atoms with Crippen molar-refractivity contribution in [1.29, 1.82) is 5.26 Å². The Kier molecular flexibility index (Phi) is 4.29. The maximum atomic E-state index is 12.8. The van der Waals surface area contributed by atoms with Gasteiger partial charge in [-0.2, -0.15) is 5.26 Å². The average Bonchev–Trinajstić information content (AvgIpc) is 2.72. The number of rotatable bonds is 4. The van der Waals surface area contributed by atoms with E-state index in [1.165, 1.54) is 24.2 Å². The van der Waals surface area contributed by atoms with E-state index in [0.717, 1.165) is 11.5 Å². The molecule has 1 aromatic carbocycles. The Balaban J connectivity index is 1.74. The van der Waals surface area contributed by atoms with E-state index in [4.69, 9.17) is 0 Å². The van der Waals surface area contributed by atoms with Gasteiger partial charge in [-0.25, -0.2) is 0 Å². The van der Waals surface area contributed by atoms with Crippen molar-refractivity contribution in [2.45, 2.75) is 58.0 Å². The van der Waals surface area contributed by atoms with Gasteiger partial charge < -0.3 is 4.90 Å². The van der Waals surface area contributed by atoms with Gasteiger partial charge in [0.1, 0.15) is 12.5 Å². The van der Waals surface area contributed by atoms with E-state index < -0.39 is 5.92 Å². The molecule has 0 spiro atoms. The largest absolute Gasteiger partial charge is 0.324 e. The van der Waals surface area contributed by atoms with Crippen LogP contribution in [0.4, 0.5) is 0 Å². The Morgan fingerprint density at radius 1 is 1.35 bits per heavy atom. The maximum Gasteiger partial charge on any atom is 0.208 e. The summed E-state index contributed by atoms with van der Waals surface area (Å²) in [4.78, 5) is 14.2. The predicted octanol–water partition coefficient (Wildman–Crippen LogP) is 2.34. The van der Waals surface area contributed by atoms with E-state index >= 15 is 0 Å². The number of nitrogens with one attached hydrogen (secondary N) is 1. The molecule has 1 saturated carbocycles. The summed E-state index contributed by atoms with van der Waals surface area (Å²) in [5, 5.41) is 9.48. The van der Waals surface area contributed by atoms with E-state index in [-0.39, 0.29) is 5.78 Å². The Bertz CT molecular complexity index is 616. The van der Waals surface area contributed by atoms with Crippen LogP contribution in [0.1, 0.15) is 51.5 Å². The Morgan fingerprint density at radius 2 is 2.04 bits per heavy atom. The number of nitriles is 1. The minimum absolute atomic E-state index is 0.0749. The summed E-state index contributed by atoms with van der Waals surface area (Å²) in [6.45, 7) is 7.49. The molecule has 2 aliphatic rings. The SMILES string of the molecule is C[C@H]1[C@@H]2C[C@@H](CC(C)(C)C2)[NH+]1CC(=O)[C@@H](C#N)c1ccccc1. The molecule has 2 bridgehead atoms. The summed E-state index contributed by atoms with van der Waals surface area (Å²) >= 11 is 0. The molecule has 23 heavy (non-hydrogen) atoms. The molecule has 1 heterocycles. The third-order valence-electron chi connectivity index (χ3n) is 5.98. The van der Waals surface area contributed by atoms with Crippen molar-refractivity contribution in [2.24, 2.45) is 11.3 Å². The van der Waals surface area contributed by atoms with Crippen LogP contribution in [0.25, 0.3) is 0 Å². The molecule has 3 rings (SSSR count). The first-order chi connectivity index (χ1) is 10.9. The molecule has 5 atom stereocenters. The molecule has 1 unspecified atom stereocenters. The summed E-state index contributed by atoms with van der Waals surface area (Å²) in [5.74, 6) is 0.180. The van der Waals surface area contributed by atoms with E-state index in [1.54, 1.807) is 0 Å². The third kappa shape index (κ3) is 3.19. The minimum atomic E-state index is -0.621. The van der Waals surface area contributed by atoms with Crippen molar-refractivity contribution in [2.75, 3.05) is 6.54 Å². The Hall–Kier alpha value is -1.66. The fourth-order valence-corrected chi connectivity index (χ4v) is 4.92. The monoisotopic (exact) mass is 311 g/mol. The van der Waals surface area contributed by atoms with Gasteiger partial charge in [0.15, 0.2) is 0 Å². The zero-order valence-corrected chi connectivity index (χ0v) is 14.4. The molecular formula is C20H27N2O+. The van der Waals surface area contributed by atoms with E-state index in [2.05, 4.69) is 26.8 Å². The first-order valence-electron chi connectivity index (χ1n) is 8.74. The van der Waals surface area contributed by atoms with E-state index in [0.29, 0.717) is 24.0 Å². The molecule has 0 aromatic heterocycles. The lowest BCUT2D eigenvalue weighted by atomic mass is 9.71. The molecule has 0 radical (unpaired) electrons. The fraction of sp³-hybridized carbons (Fsp3) is 0.600. The van der Waals surface area contributed by atoms with Crippen LogP contribution in [0.3, 0.4) is 0 Å². The van der Waals surface area contributed by atoms with Crippen LogP contribution in [-0.2, 0) is 4.79 Å². The van der Waals surface area contributed by atoms with Crippen LogP contribution < -0.4 is 4.90 Å². The first kappa shape index (κ1) is 16.2. The van der Waals surface area contributed by atoms with Crippen LogP contribution in [0.15, 0.2) is 30.3 Å². The standard InChI is InChI=1S/C20H26N2O/c1-14-16-9-17(11-20(2,3)10-16)22(14)13-19(23)18(12-21)15-7-5-4-6-8-15/h4-8,14,16-18H,9-11,13H2,1-3H3/p+1/t14-,16+,17-,18-/m0/s1. The van der Waals surface area contributed by atoms with Gasteiger partial charge in [-0.15, -0.1) is 0 Å². The fourth-order valence-electron chi connectivity index (χ4n) is 4.92. The molecule has 3 nitrogen and oxygen atoms in total. The van der Waals surface area contributed by atoms with Gasteiger partial charge in [0.25, 0.3) is 0 Å². The lowest BCUT2D eigenvalue weighted by Crippen LogP contribution is -3.17. The van der Waals surface area contributed by atoms with E-state index in [9.17, 15) is 10.1 Å². The summed E-state index contributed by atoms with van der Waals surface area (Å²) < 4.78 is 0. The number of likely N-dealkylation sites (tertiary alicyclic amines) is 1. The first-order valence-corrected chi connectivity index (χ1v) is 8.74. The molecule has 1 saturated heterocycles. The van der Waals surface area contributed by atoms with Crippen LogP contribution in [-0.4, -0.2) is 24.4 Å².